The number of amides is 1. The second-order valence-electron chi connectivity index (χ2n) is 8.05. The van der Waals surface area contributed by atoms with Gasteiger partial charge in [0.2, 0.25) is 5.60 Å². The Morgan fingerprint density at radius 1 is 1.14 bits per heavy atom. The third kappa shape index (κ3) is 4.17. The van der Waals surface area contributed by atoms with Gasteiger partial charge >= 0.3 is 6.18 Å². The van der Waals surface area contributed by atoms with Crippen LogP contribution in [0.4, 0.5) is 13.2 Å². The van der Waals surface area contributed by atoms with Crippen molar-refractivity contribution in [2.75, 3.05) is 13.1 Å². The highest BCUT2D eigenvalue weighted by atomic mass is 19.4. The summed E-state index contributed by atoms with van der Waals surface area (Å²) in [5.41, 5.74) is -0.240. The molecule has 0 bridgehead atoms. The standard InChI is InChI=1S/C21H26F3N3O2/c1-14(2)15-4-6-17(7-5-15)27-18(8-11-25-27)16-9-12-26(13-10-16)19(28)20(3,29)21(22,23)24/h4-8,11,14,16,29H,9-10,12-13H2,1-3H3/t20-/m1/s1. The number of carbonyl (C=O) groups excluding carboxylic acids is 1. The maximum Gasteiger partial charge on any atom is 0.426 e. The van der Waals surface area contributed by atoms with E-state index in [-0.39, 0.29) is 19.0 Å². The summed E-state index contributed by atoms with van der Waals surface area (Å²) >= 11 is 0. The Balaban J connectivity index is 1.71. The summed E-state index contributed by atoms with van der Waals surface area (Å²) in [6, 6.07) is 10.0. The molecule has 0 saturated carbocycles. The van der Waals surface area contributed by atoms with Gasteiger partial charge in [0.15, 0.2) is 0 Å². The van der Waals surface area contributed by atoms with Crippen LogP contribution in [0.25, 0.3) is 5.69 Å². The minimum atomic E-state index is -5.00. The van der Waals surface area contributed by atoms with Crippen molar-refractivity contribution in [3.63, 3.8) is 0 Å². The lowest BCUT2D eigenvalue weighted by atomic mass is 9.92. The highest BCUT2D eigenvalue weighted by molar-refractivity contribution is 5.85. The summed E-state index contributed by atoms with van der Waals surface area (Å²) in [6.07, 6.45) is -2.27. The third-order valence-electron chi connectivity index (χ3n) is 5.65. The molecule has 1 atom stereocenters. The molecule has 2 heterocycles. The van der Waals surface area contributed by atoms with Gasteiger partial charge in [0.1, 0.15) is 0 Å². The lowest BCUT2D eigenvalue weighted by Gasteiger charge is -2.36. The van der Waals surface area contributed by atoms with Gasteiger partial charge in [-0.3, -0.25) is 4.79 Å². The third-order valence-corrected chi connectivity index (χ3v) is 5.65. The molecule has 0 unspecified atom stereocenters. The van der Waals surface area contributed by atoms with Gasteiger partial charge in [0.05, 0.1) is 5.69 Å². The van der Waals surface area contributed by atoms with E-state index >= 15 is 0 Å². The predicted octanol–water partition coefficient (Wildman–Crippen LogP) is 4.02. The Morgan fingerprint density at radius 3 is 2.24 bits per heavy atom. The molecule has 1 fully saturated rings. The number of piperidine rings is 1. The van der Waals surface area contributed by atoms with Gasteiger partial charge in [-0.25, -0.2) is 4.68 Å². The number of likely N-dealkylation sites (tertiary alicyclic amines) is 1. The van der Waals surface area contributed by atoms with E-state index in [4.69, 9.17) is 0 Å². The number of benzene rings is 1. The van der Waals surface area contributed by atoms with E-state index in [2.05, 4.69) is 31.1 Å². The molecule has 1 saturated heterocycles. The lowest BCUT2D eigenvalue weighted by Crippen LogP contribution is -2.57. The molecule has 1 aliphatic heterocycles. The van der Waals surface area contributed by atoms with Gasteiger partial charge in [-0.15, -0.1) is 0 Å². The van der Waals surface area contributed by atoms with Crippen LogP contribution in [0, 0.1) is 0 Å². The number of halogens is 3. The SMILES string of the molecule is CC(C)c1ccc(-n2nccc2C2CCN(C(=O)[C@@](C)(O)C(F)(F)F)CC2)cc1. The van der Waals surface area contributed by atoms with Crippen LogP contribution in [-0.4, -0.2) is 50.6 Å². The number of hydrogen-bond acceptors (Lipinski definition) is 3. The van der Waals surface area contributed by atoms with Crippen LogP contribution < -0.4 is 0 Å². The molecule has 0 radical (unpaired) electrons. The largest absolute Gasteiger partial charge is 0.426 e. The Labute approximate surface area is 168 Å². The second kappa shape index (κ2) is 7.82. The average Bonchev–Trinajstić information content (AvgIpc) is 3.16. The van der Waals surface area contributed by atoms with E-state index in [1.54, 1.807) is 6.20 Å². The molecule has 3 rings (SSSR count). The smallest absolute Gasteiger partial charge is 0.373 e. The van der Waals surface area contributed by atoms with Crippen molar-refractivity contribution < 1.29 is 23.1 Å². The number of aromatic nitrogens is 2. The van der Waals surface area contributed by atoms with E-state index in [1.807, 2.05) is 22.9 Å². The summed E-state index contributed by atoms with van der Waals surface area (Å²) in [4.78, 5) is 13.3. The maximum atomic E-state index is 12.9. The highest BCUT2D eigenvalue weighted by Gasteiger charge is 2.57. The number of nitrogens with zero attached hydrogens (tertiary/aromatic N) is 3. The zero-order valence-electron chi connectivity index (χ0n) is 16.8. The van der Waals surface area contributed by atoms with Crippen molar-refractivity contribution in [3.05, 3.63) is 47.8 Å². The first kappa shape index (κ1) is 21.4. The number of hydrogen-bond donors (Lipinski definition) is 1. The van der Waals surface area contributed by atoms with Crippen LogP contribution in [-0.2, 0) is 4.79 Å². The Morgan fingerprint density at radius 2 is 1.72 bits per heavy atom. The van der Waals surface area contributed by atoms with Gasteiger partial charge in [0.25, 0.3) is 5.91 Å². The van der Waals surface area contributed by atoms with Gasteiger partial charge in [-0.2, -0.15) is 18.3 Å². The summed E-state index contributed by atoms with van der Waals surface area (Å²) in [7, 11) is 0. The van der Waals surface area contributed by atoms with Gasteiger partial charge in [0, 0.05) is 30.9 Å². The van der Waals surface area contributed by atoms with Crippen LogP contribution in [0.3, 0.4) is 0 Å². The molecule has 158 valence electrons. The Kier molecular flexibility index (Phi) is 5.76. The minimum Gasteiger partial charge on any atom is -0.373 e. The van der Waals surface area contributed by atoms with Crippen LogP contribution >= 0.6 is 0 Å². The predicted molar refractivity (Wildman–Crippen MR) is 103 cm³/mol. The molecule has 1 aliphatic rings. The van der Waals surface area contributed by atoms with E-state index in [0.717, 1.165) is 16.3 Å². The Bertz CT molecular complexity index is 849. The first-order valence-electron chi connectivity index (χ1n) is 9.75. The van der Waals surface area contributed by atoms with Crippen molar-refractivity contribution in [2.45, 2.75) is 57.2 Å². The summed E-state index contributed by atoms with van der Waals surface area (Å²) < 4.78 is 40.7. The van der Waals surface area contributed by atoms with E-state index in [1.165, 1.54) is 5.56 Å². The fourth-order valence-corrected chi connectivity index (χ4v) is 3.65. The van der Waals surface area contributed by atoms with Gasteiger partial charge in [-0.05, 0) is 49.4 Å². The van der Waals surface area contributed by atoms with Crippen molar-refractivity contribution in [2.24, 2.45) is 0 Å². The molecule has 1 aromatic heterocycles. The quantitative estimate of drug-likeness (QED) is 0.830. The van der Waals surface area contributed by atoms with E-state index < -0.39 is 17.7 Å². The monoisotopic (exact) mass is 409 g/mol. The lowest BCUT2D eigenvalue weighted by molar-refractivity contribution is -0.250. The zero-order chi connectivity index (χ0) is 21.4. The molecule has 0 aliphatic carbocycles. The molecule has 1 amide bonds. The highest BCUT2D eigenvalue weighted by Crippen LogP contribution is 2.35. The molecule has 5 nitrogen and oxygen atoms in total. The van der Waals surface area contributed by atoms with Crippen molar-refractivity contribution in [1.29, 1.82) is 0 Å². The van der Waals surface area contributed by atoms with Crippen LogP contribution in [0.2, 0.25) is 0 Å². The molecule has 8 heteroatoms. The minimum absolute atomic E-state index is 0.0714. The Hall–Kier alpha value is -2.35. The van der Waals surface area contributed by atoms with Crippen molar-refractivity contribution in [3.8, 4) is 5.69 Å². The molecule has 2 aromatic rings. The summed E-state index contributed by atoms with van der Waals surface area (Å²) in [6.45, 7) is 5.08. The number of alkyl halides is 3. The molecular weight excluding hydrogens is 383 g/mol. The van der Waals surface area contributed by atoms with E-state index in [0.29, 0.717) is 25.7 Å². The second-order valence-corrected chi connectivity index (χ2v) is 8.05. The molecular formula is C21H26F3N3O2. The van der Waals surface area contributed by atoms with Crippen LogP contribution in [0.15, 0.2) is 36.5 Å². The number of rotatable bonds is 4. The van der Waals surface area contributed by atoms with Crippen molar-refractivity contribution in [1.82, 2.24) is 14.7 Å². The first-order chi connectivity index (χ1) is 13.5. The van der Waals surface area contributed by atoms with E-state index in [9.17, 15) is 23.1 Å². The average molecular weight is 409 g/mol. The number of carbonyl (C=O) groups is 1. The fourth-order valence-electron chi connectivity index (χ4n) is 3.65. The molecule has 0 spiro atoms. The van der Waals surface area contributed by atoms with Crippen LogP contribution in [0.5, 0.6) is 0 Å². The molecule has 1 aromatic carbocycles. The molecule has 1 N–H and O–H groups in total. The van der Waals surface area contributed by atoms with Crippen LogP contribution in [0.1, 0.15) is 56.7 Å². The van der Waals surface area contributed by atoms with Gasteiger partial charge in [-0.1, -0.05) is 26.0 Å². The normalized spacial score (nSPS) is 18.1. The summed E-state index contributed by atoms with van der Waals surface area (Å²) in [5.74, 6) is -0.791. The topological polar surface area (TPSA) is 58.4 Å². The maximum absolute atomic E-state index is 12.9. The van der Waals surface area contributed by atoms with Gasteiger partial charge < -0.3 is 10.0 Å². The number of aliphatic hydroxyl groups is 1. The van der Waals surface area contributed by atoms with Crippen molar-refractivity contribution >= 4 is 5.91 Å². The molecule has 29 heavy (non-hydrogen) atoms. The first-order valence-corrected chi connectivity index (χ1v) is 9.75. The zero-order valence-corrected chi connectivity index (χ0v) is 16.8. The fraction of sp³-hybridized carbons (Fsp3) is 0.524. The summed E-state index contributed by atoms with van der Waals surface area (Å²) in [5, 5.41) is 14.1.